The quantitative estimate of drug-likeness (QED) is 0.244. The van der Waals surface area contributed by atoms with Crippen molar-refractivity contribution in [2.24, 2.45) is 0 Å². The molecule has 8 heteroatoms. The molecule has 0 atom stereocenters. The second kappa shape index (κ2) is 9.51. The Balaban J connectivity index is 1.42. The van der Waals surface area contributed by atoms with Gasteiger partial charge in [-0.3, -0.25) is 4.79 Å². The van der Waals surface area contributed by atoms with Crippen LogP contribution in [0.1, 0.15) is 30.5 Å². The van der Waals surface area contributed by atoms with Crippen molar-refractivity contribution in [2.75, 3.05) is 12.4 Å². The lowest BCUT2D eigenvalue weighted by molar-refractivity contribution is 0.343. The number of benzene rings is 2. The maximum absolute atomic E-state index is 13.3. The Bertz CT molecular complexity index is 1320. The van der Waals surface area contributed by atoms with Crippen LogP contribution in [0.15, 0.2) is 64.5 Å². The molecule has 3 aliphatic rings. The van der Waals surface area contributed by atoms with Crippen molar-refractivity contribution >= 4 is 11.8 Å². The summed E-state index contributed by atoms with van der Waals surface area (Å²) in [5, 5.41) is 14.4. The lowest BCUT2D eigenvalue weighted by Crippen LogP contribution is -2.19. The third-order valence-corrected chi connectivity index (χ3v) is 6.67. The van der Waals surface area contributed by atoms with Crippen molar-refractivity contribution < 1.29 is 4.74 Å². The van der Waals surface area contributed by atoms with Crippen molar-refractivity contribution in [3.05, 3.63) is 76.2 Å². The summed E-state index contributed by atoms with van der Waals surface area (Å²) in [6, 6.07) is 18.7. The zero-order valence-corrected chi connectivity index (χ0v) is 18.9. The molecule has 3 heterocycles. The number of hydrogen-bond acceptors (Lipinski definition) is 6. The highest BCUT2D eigenvalue weighted by Crippen LogP contribution is 2.30. The van der Waals surface area contributed by atoms with Gasteiger partial charge < -0.3 is 9.30 Å². The molecule has 0 amide bonds. The summed E-state index contributed by atoms with van der Waals surface area (Å²) >= 11 is 1.62. The molecule has 0 saturated carbocycles. The van der Waals surface area contributed by atoms with E-state index in [1.807, 2.05) is 30.3 Å². The van der Waals surface area contributed by atoms with Gasteiger partial charge in [0.25, 0.3) is 5.56 Å². The van der Waals surface area contributed by atoms with Crippen molar-refractivity contribution in [1.82, 2.24) is 19.3 Å². The normalized spacial score (nSPS) is 13.3. The van der Waals surface area contributed by atoms with Gasteiger partial charge >= 0.3 is 0 Å². The van der Waals surface area contributed by atoms with Crippen LogP contribution in [0.25, 0.3) is 17.1 Å². The van der Waals surface area contributed by atoms with Gasteiger partial charge in [-0.05, 0) is 55.7 Å². The molecule has 3 aliphatic heterocycles. The third-order valence-electron chi connectivity index (χ3n) is 5.73. The fourth-order valence-corrected chi connectivity index (χ4v) is 4.98. The van der Waals surface area contributed by atoms with E-state index < -0.39 is 0 Å². The van der Waals surface area contributed by atoms with Crippen LogP contribution < -0.4 is 10.3 Å². The molecule has 0 saturated heterocycles. The summed E-state index contributed by atoms with van der Waals surface area (Å²) in [6.45, 7) is 1.37. The second-order valence-electron chi connectivity index (χ2n) is 7.89. The van der Waals surface area contributed by atoms with E-state index in [2.05, 4.69) is 15.7 Å². The smallest absolute Gasteiger partial charge is 0.284 e. The number of hydrogen-bond donors (Lipinski definition) is 0. The Hall–Kier alpha value is -3.57. The molecule has 0 aromatic heterocycles. The van der Waals surface area contributed by atoms with E-state index in [-0.39, 0.29) is 5.56 Å². The molecule has 0 spiro atoms. The van der Waals surface area contributed by atoms with E-state index >= 15 is 0 Å². The largest absolute Gasteiger partial charge is 0.493 e. The molecule has 5 rings (SSSR count). The lowest BCUT2D eigenvalue weighted by atomic mass is 10.1. The molecule has 0 unspecified atom stereocenters. The van der Waals surface area contributed by atoms with Gasteiger partial charge in [-0.2, -0.15) is 9.94 Å². The molecule has 0 fully saturated rings. The van der Waals surface area contributed by atoms with Crippen LogP contribution in [0.2, 0.25) is 0 Å². The summed E-state index contributed by atoms with van der Waals surface area (Å²) < 4.78 is 9.50. The molecule has 0 aliphatic carbocycles. The van der Waals surface area contributed by atoms with Crippen LogP contribution >= 0.6 is 11.8 Å². The number of fused-ring (bicyclic) bond motifs is 3. The average Bonchev–Trinajstić information content (AvgIpc) is 3.02. The van der Waals surface area contributed by atoms with Gasteiger partial charge in [0.2, 0.25) is 0 Å². The molecule has 2 aromatic carbocycles. The number of rotatable bonds is 6. The van der Waals surface area contributed by atoms with E-state index in [0.29, 0.717) is 29.3 Å². The highest BCUT2D eigenvalue weighted by molar-refractivity contribution is 7.99. The van der Waals surface area contributed by atoms with Crippen LogP contribution in [0.4, 0.5) is 0 Å². The molecule has 0 bridgehead atoms. The van der Waals surface area contributed by atoms with Gasteiger partial charge in [-0.25, -0.2) is 4.98 Å². The van der Waals surface area contributed by atoms with Gasteiger partial charge in [0.05, 0.1) is 23.9 Å². The Kier molecular flexibility index (Phi) is 6.13. The summed E-state index contributed by atoms with van der Waals surface area (Å²) in [6.07, 6.45) is 4.11. The first kappa shape index (κ1) is 21.3. The molecular formula is C25H23N5O2S. The molecule has 7 nitrogen and oxygen atoms in total. The summed E-state index contributed by atoms with van der Waals surface area (Å²) in [5.74, 6) is 1.95. The minimum atomic E-state index is -0.102. The number of nitriles is 1. The highest BCUT2D eigenvalue weighted by atomic mass is 32.2. The predicted octanol–water partition coefficient (Wildman–Crippen LogP) is 4.30. The van der Waals surface area contributed by atoms with E-state index in [4.69, 9.17) is 15.0 Å². The van der Waals surface area contributed by atoms with Gasteiger partial charge in [0, 0.05) is 18.0 Å². The Morgan fingerprint density at radius 1 is 1.06 bits per heavy atom. The molecule has 166 valence electrons. The van der Waals surface area contributed by atoms with Crippen molar-refractivity contribution in [1.29, 1.82) is 5.26 Å². The summed E-state index contributed by atoms with van der Waals surface area (Å²) in [5.41, 5.74) is 2.94. The van der Waals surface area contributed by atoms with Crippen LogP contribution in [0.5, 0.6) is 5.75 Å². The molecule has 0 radical (unpaired) electrons. The fraction of sp³-hybridized carbons (Fsp3) is 0.280. The zero-order chi connectivity index (χ0) is 22.6. The van der Waals surface area contributed by atoms with E-state index in [9.17, 15) is 4.79 Å². The highest BCUT2D eigenvalue weighted by Gasteiger charge is 2.27. The van der Waals surface area contributed by atoms with Crippen LogP contribution in [0, 0.1) is 11.3 Å². The molecular weight excluding hydrogens is 434 g/mol. The van der Waals surface area contributed by atoms with E-state index in [1.165, 1.54) is 4.68 Å². The fourth-order valence-electron chi connectivity index (χ4n) is 4.13. The summed E-state index contributed by atoms with van der Waals surface area (Å²) in [4.78, 5) is 18.1. The van der Waals surface area contributed by atoms with Crippen molar-refractivity contribution in [3.63, 3.8) is 0 Å². The SMILES string of the molecule is N#Cc1ccc(OCCSc2nc3nn(-c4ccccc4)c(=O)c-3c3n2CCCCC3)cc1. The maximum Gasteiger partial charge on any atom is 0.284 e. The van der Waals surface area contributed by atoms with Gasteiger partial charge in [0.1, 0.15) is 11.3 Å². The van der Waals surface area contributed by atoms with Gasteiger partial charge in [-0.15, -0.1) is 5.10 Å². The second-order valence-corrected chi connectivity index (χ2v) is 8.95. The Morgan fingerprint density at radius 3 is 2.67 bits per heavy atom. The monoisotopic (exact) mass is 457 g/mol. The minimum Gasteiger partial charge on any atom is -0.493 e. The first-order valence-electron chi connectivity index (χ1n) is 11.1. The lowest BCUT2D eigenvalue weighted by Gasteiger charge is -2.17. The number of ether oxygens (including phenoxy) is 1. The van der Waals surface area contributed by atoms with Gasteiger partial charge in [-0.1, -0.05) is 36.4 Å². The minimum absolute atomic E-state index is 0.102. The topological polar surface area (TPSA) is 85.7 Å². The standard InChI is InChI=1S/C25H23N5O2S/c26-17-18-10-12-20(13-11-18)32-15-16-33-25-27-23-22(21-9-5-2-6-14-29(21)25)24(31)30(28-23)19-7-3-1-4-8-19/h1,3-4,7-8,10-13H,2,5-6,9,14-16H2. The first-order chi connectivity index (χ1) is 16.2. The Morgan fingerprint density at radius 2 is 1.88 bits per heavy atom. The average molecular weight is 458 g/mol. The van der Waals surface area contributed by atoms with E-state index in [1.54, 1.807) is 36.0 Å². The molecule has 2 aromatic rings. The van der Waals surface area contributed by atoms with Crippen LogP contribution in [0.3, 0.4) is 0 Å². The number of aromatic nitrogens is 4. The van der Waals surface area contributed by atoms with Crippen molar-refractivity contribution in [2.45, 2.75) is 37.4 Å². The molecule has 0 N–H and O–H groups in total. The number of nitrogens with zero attached hydrogens (tertiary/aromatic N) is 5. The first-order valence-corrected chi connectivity index (χ1v) is 12.1. The Labute approximate surface area is 196 Å². The van der Waals surface area contributed by atoms with Gasteiger partial charge in [0.15, 0.2) is 11.0 Å². The number of thioether (sulfide) groups is 1. The third kappa shape index (κ3) is 4.37. The van der Waals surface area contributed by atoms with Crippen molar-refractivity contribution in [3.8, 4) is 28.9 Å². The van der Waals surface area contributed by atoms with Crippen LogP contribution in [-0.4, -0.2) is 31.7 Å². The predicted molar refractivity (Wildman–Crippen MR) is 127 cm³/mol. The zero-order valence-electron chi connectivity index (χ0n) is 18.1. The molecule has 33 heavy (non-hydrogen) atoms. The maximum atomic E-state index is 13.3. The number of para-hydroxylation sites is 1. The summed E-state index contributed by atoms with van der Waals surface area (Å²) in [7, 11) is 0. The van der Waals surface area contributed by atoms with Crippen LogP contribution in [-0.2, 0) is 13.0 Å². The van der Waals surface area contributed by atoms with E-state index in [0.717, 1.165) is 54.5 Å².